The topological polar surface area (TPSA) is 24.5 Å². The lowest BCUT2D eigenvalue weighted by molar-refractivity contribution is 0.00925. The van der Waals surface area contributed by atoms with Crippen LogP contribution < -0.4 is 5.32 Å². The Hall–Kier alpha value is -1.06. The van der Waals surface area contributed by atoms with Gasteiger partial charge in [0.1, 0.15) is 0 Å². The summed E-state index contributed by atoms with van der Waals surface area (Å²) in [5, 5.41) is 3.71. The van der Waals surface area contributed by atoms with Crippen molar-refractivity contribution in [2.45, 2.75) is 57.7 Å². The van der Waals surface area contributed by atoms with Gasteiger partial charge in [-0.3, -0.25) is 4.90 Å². The summed E-state index contributed by atoms with van der Waals surface area (Å²) in [5.41, 5.74) is 2.70. The lowest BCUT2D eigenvalue weighted by Crippen LogP contribution is -2.33. The minimum absolute atomic E-state index is 0.434. The van der Waals surface area contributed by atoms with Crippen LogP contribution in [0.2, 0.25) is 0 Å². The molecule has 0 aliphatic carbocycles. The Labute approximate surface area is 128 Å². The van der Waals surface area contributed by atoms with Gasteiger partial charge in [0.05, 0.1) is 6.10 Å². The second kappa shape index (κ2) is 7.28. The summed E-state index contributed by atoms with van der Waals surface area (Å²) in [6.45, 7) is 6.72. The van der Waals surface area contributed by atoms with E-state index in [-0.39, 0.29) is 0 Å². The largest absolute Gasteiger partial charge is 0.382 e. The van der Waals surface area contributed by atoms with Crippen molar-refractivity contribution in [2.24, 2.45) is 0 Å². The molecule has 3 rings (SSSR count). The number of benzene rings is 1. The van der Waals surface area contributed by atoms with Crippen LogP contribution in [0.25, 0.3) is 0 Å². The third-order valence-electron chi connectivity index (χ3n) is 4.73. The number of ether oxygens (including phenoxy) is 1. The number of nitrogens with one attached hydrogen (secondary N) is 1. The normalized spacial score (nSPS) is 26.9. The standard InChI is InChI=1S/C18H28N2O/c1-2-18-13-17(8-11-21-18)19-16-7-5-6-15(12-16)14-20-9-3-4-10-20/h5-7,12,17-19H,2-4,8-11,13-14H2,1H3. The zero-order valence-electron chi connectivity index (χ0n) is 13.2. The van der Waals surface area contributed by atoms with Crippen LogP contribution in [-0.2, 0) is 11.3 Å². The molecule has 0 aromatic heterocycles. The van der Waals surface area contributed by atoms with Crippen LogP contribution in [0.4, 0.5) is 5.69 Å². The molecule has 2 aliphatic rings. The fourth-order valence-electron chi connectivity index (χ4n) is 3.49. The summed E-state index contributed by atoms with van der Waals surface area (Å²) in [6.07, 6.45) is 6.52. The summed E-state index contributed by atoms with van der Waals surface area (Å²) in [5.74, 6) is 0. The van der Waals surface area contributed by atoms with E-state index in [4.69, 9.17) is 4.74 Å². The molecule has 1 aromatic carbocycles. The maximum Gasteiger partial charge on any atom is 0.0592 e. The van der Waals surface area contributed by atoms with Crippen molar-refractivity contribution in [3.63, 3.8) is 0 Å². The SMILES string of the molecule is CCC1CC(Nc2cccc(CN3CCCC3)c2)CCO1. The fourth-order valence-corrected chi connectivity index (χ4v) is 3.49. The first kappa shape index (κ1) is 14.9. The molecule has 0 saturated carbocycles. The first-order valence-corrected chi connectivity index (χ1v) is 8.53. The summed E-state index contributed by atoms with van der Waals surface area (Å²) in [7, 11) is 0. The van der Waals surface area contributed by atoms with E-state index in [1.165, 1.54) is 37.2 Å². The Kier molecular flexibility index (Phi) is 5.15. The fraction of sp³-hybridized carbons (Fsp3) is 0.667. The maximum absolute atomic E-state index is 5.76. The van der Waals surface area contributed by atoms with Crippen molar-refractivity contribution in [1.82, 2.24) is 4.90 Å². The van der Waals surface area contributed by atoms with E-state index in [1.807, 2.05) is 0 Å². The predicted molar refractivity (Wildman–Crippen MR) is 87.6 cm³/mol. The van der Waals surface area contributed by atoms with Crippen molar-refractivity contribution in [3.05, 3.63) is 29.8 Å². The molecule has 0 spiro atoms. The lowest BCUT2D eigenvalue weighted by atomic mass is 10.0. The van der Waals surface area contributed by atoms with Gasteiger partial charge in [-0.1, -0.05) is 19.1 Å². The number of rotatable bonds is 5. The average molecular weight is 288 g/mol. The Morgan fingerprint density at radius 2 is 2.14 bits per heavy atom. The molecule has 21 heavy (non-hydrogen) atoms. The van der Waals surface area contributed by atoms with Crippen LogP contribution in [0, 0.1) is 0 Å². The minimum atomic E-state index is 0.434. The molecule has 1 aromatic rings. The maximum atomic E-state index is 5.76. The van der Waals surface area contributed by atoms with Gasteiger partial charge in [0.25, 0.3) is 0 Å². The smallest absolute Gasteiger partial charge is 0.0592 e. The number of likely N-dealkylation sites (tertiary alicyclic amines) is 1. The van der Waals surface area contributed by atoms with Gasteiger partial charge in [0.2, 0.25) is 0 Å². The molecule has 0 bridgehead atoms. The Morgan fingerprint density at radius 3 is 2.95 bits per heavy atom. The van der Waals surface area contributed by atoms with Gasteiger partial charge >= 0.3 is 0 Å². The van der Waals surface area contributed by atoms with Crippen molar-refractivity contribution in [2.75, 3.05) is 25.0 Å². The molecular weight excluding hydrogens is 260 g/mol. The average Bonchev–Trinajstić information content (AvgIpc) is 3.01. The number of hydrogen-bond donors (Lipinski definition) is 1. The quantitative estimate of drug-likeness (QED) is 0.895. The van der Waals surface area contributed by atoms with E-state index >= 15 is 0 Å². The molecule has 2 unspecified atom stereocenters. The van der Waals surface area contributed by atoms with E-state index in [0.29, 0.717) is 12.1 Å². The van der Waals surface area contributed by atoms with Crippen LogP contribution in [0.1, 0.15) is 44.6 Å². The van der Waals surface area contributed by atoms with Gasteiger partial charge in [-0.2, -0.15) is 0 Å². The van der Waals surface area contributed by atoms with Gasteiger partial charge in [0, 0.05) is 24.9 Å². The number of hydrogen-bond acceptors (Lipinski definition) is 3. The molecule has 2 heterocycles. The first-order valence-electron chi connectivity index (χ1n) is 8.53. The Bertz CT molecular complexity index is 443. The molecule has 2 fully saturated rings. The predicted octanol–water partition coefficient (Wildman–Crippen LogP) is 3.65. The first-order chi connectivity index (χ1) is 10.3. The van der Waals surface area contributed by atoms with E-state index in [9.17, 15) is 0 Å². The molecule has 3 nitrogen and oxygen atoms in total. The number of nitrogens with zero attached hydrogens (tertiary/aromatic N) is 1. The van der Waals surface area contributed by atoms with Crippen molar-refractivity contribution >= 4 is 5.69 Å². The van der Waals surface area contributed by atoms with Gasteiger partial charge < -0.3 is 10.1 Å². The Morgan fingerprint density at radius 1 is 1.29 bits per heavy atom. The highest BCUT2D eigenvalue weighted by Crippen LogP contribution is 2.22. The molecule has 2 atom stereocenters. The zero-order valence-corrected chi connectivity index (χ0v) is 13.2. The van der Waals surface area contributed by atoms with Crippen molar-refractivity contribution in [3.8, 4) is 0 Å². The highest BCUT2D eigenvalue weighted by molar-refractivity contribution is 5.46. The van der Waals surface area contributed by atoms with Gasteiger partial charge in [-0.05, 0) is 62.9 Å². The zero-order chi connectivity index (χ0) is 14.5. The Balaban J connectivity index is 1.57. The summed E-state index contributed by atoms with van der Waals surface area (Å²) in [6, 6.07) is 9.52. The monoisotopic (exact) mass is 288 g/mol. The molecule has 1 N–H and O–H groups in total. The van der Waals surface area contributed by atoms with Gasteiger partial charge in [0.15, 0.2) is 0 Å². The molecule has 2 saturated heterocycles. The minimum Gasteiger partial charge on any atom is -0.382 e. The third kappa shape index (κ3) is 4.21. The van der Waals surface area contributed by atoms with Crippen LogP contribution >= 0.6 is 0 Å². The highest BCUT2D eigenvalue weighted by atomic mass is 16.5. The van der Waals surface area contributed by atoms with E-state index in [0.717, 1.165) is 32.4 Å². The summed E-state index contributed by atoms with van der Waals surface area (Å²) in [4.78, 5) is 2.56. The van der Waals surface area contributed by atoms with E-state index < -0.39 is 0 Å². The van der Waals surface area contributed by atoms with Crippen LogP contribution in [0.15, 0.2) is 24.3 Å². The van der Waals surface area contributed by atoms with Gasteiger partial charge in [-0.15, -0.1) is 0 Å². The second-order valence-corrected chi connectivity index (χ2v) is 6.45. The molecule has 0 radical (unpaired) electrons. The third-order valence-corrected chi connectivity index (χ3v) is 4.73. The molecule has 2 aliphatic heterocycles. The van der Waals surface area contributed by atoms with Crippen LogP contribution in [-0.4, -0.2) is 36.7 Å². The molecule has 116 valence electrons. The summed E-state index contributed by atoms with van der Waals surface area (Å²) >= 11 is 0. The molecule has 0 amide bonds. The number of anilines is 1. The summed E-state index contributed by atoms with van der Waals surface area (Å²) < 4.78 is 5.76. The highest BCUT2D eigenvalue weighted by Gasteiger charge is 2.21. The van der Waals surface area contributed by atoms with Crippen molar-refractivity contribution in [1.29, 1.82) is 0 Å². The van der Waals surface area contributed by atoms with E-state index in [2.05, 4.69) is 41.4 Å². The van der Waals surface area contributed by atoms with Crippen LogP contribution in [0.3, 0.4) is 0 Å². The van der Waals surface area contributed by atoms with Gasteiger partial charge in [-0.25, -0.2) is 0 Å². The molecule has 3 heteroatoms. The van der Waals surface area contributed by atoms with E-state index in [1.54, 1.807) is 0 Å². The van der Waals surface area contributed by atoms with Crippen molar-refractivity contribution < 1.29 is 4.74 Å². The molecular formula is C18H28N2O. The van der Waals surface area contributed by atoms with Crippen LogP contribution in [0.5, 0.6) is 0 Å². The lowest BCUT2D eigenvalue weighted by Gasteiger charge is -2.30. The second-order valence-electron chi connectivity index (χ2n) is 6.45.